The van der Waals surface area contributed by atoms with Gasteiger partial charge in [-0.1, -0.05) is 30.3 Å². The van der Waals surface area contributed by atoms with Gasteiger partial charge in [0.1, 0.15) is 0 Å². The van der Waals surface area contributed by atoms with Gasteiger partial charge >= 0.3 is 0 Å². The van der Waals surface area contributed by atoms with Crippen molar-refractivity contribution in [2.75, 3.05) is 19.6 Å². The first-order valence-electron chi connectivity index (χ1n) is 6.89. The van der Waals surface area contributed by atoms with Crippen LogP contribution in [0.1, 0.15) is 21.6 Å². The third kappa shape index (κ3) is 3.48. The van der Waals surface area contributed by atoms with E-state index < -0.39 is 0 Å². The first kappa shape index (κ1) is 14.3. The van der Waals surface area contributed by atoms with Crippen LogP contribution in [0.2, 0.25) is 0 Å². The van der Waals surface area contributed by atoms with Crippen molar-refractivity contribution in [2.24, 2.45) is 5.73 Å². The van der Waals surface area contributed by atoms with Gasteiger partial charge in [0.25, 0.3) is 5.91 Å². The number of hydrogen-bond acceptors (Lipinski definition) is 2. The number of nitrogens with two attached hydrogens (primary N) is 1. The van der Waals surface area contributed by atoms with Gasteiger partial charge in [-0.25, -0.2) is 0 Å². The van der Waals surface area contributed by atoms with E-state index in [4.69, 9.17) is 5.73 Å². The maximum absolute atomic E-state index is 12.5. The topological polar surface area (TPSA) is 62.1 Å². The van der Waals surface area contributed by atoms with Crippen LogP contribution in [0.25, 0.3) is 0 Å². The van der Waals surface area contributed by atoms with Crippen LogP contribution in [-0.4, -0.2) is 35.4 Å². The Morgan fingerprint density at radius 1 is 1.20 bits per heavy atom. The second kappa shape index (κ2) is 6.91. The highest BCUT2D eigenvalue weighted by Gasteiger charge is 2.17. The molecule has 20 heavy (non-hydrogen) atoms. The average molecular weight is 271 g/mol. The number of rotatable bonds is 6. The Balaban J connectivity index is 2.03. The Bertz CT molecular complexity index is 548. The quantitative estimate of drug-likeness (QED) is 0.843. The molecule has 0 aliphatic rings. The molecular formula is C16H21N3O. The van der Waals surface area contributed by atoms with Crippen molar-refractivity contribution in [3.63, 3.8) is 0 Å². The molecule has 1 aromatic heterocycles. The van der Waals surface area contributed by atoms with E-state index in [1.165, 1.54) is 5.56 Å². The van der Waals surface area contributed by atoms with Gasteiger partial charge in [0.05, 0.1) is 5.56 Å². The number of hydrogen-bond donors (Lipinski definition) is 2. The van der Waals surface area contributed by atoms with Crippen molar-refractivity contribution in [1.82, 2.24) is 9.88 Å². The van der Waals surface area contributed by atoms with Crippen LogP contribution in [0, 0.1) is 6.92 Å². The van der Waals surface area contributed by atoms with Gasteiger partial charge in [-0.05, 0) is 25.0 Å². The van der Waals surface area contributed by atoms with Gasteiger partial charge in [-0.3, -0.25) is 4.79 Å². The van der Waals surface area contributed by atoms with Gasteiger partial charge in [-0.15, -0.1) is 0 Å². The van der Waals surface area contributed by atoms with Crippen molar-refractivity contribution >= 4 is 5.91 Å². The van der Waals surface area contributed by atoms with Crippen molar-refractivity contribution in [3.8, 4) is 0 Å². The van der Waals surface area contributed by atoms with E-state index in [-0.39, 0.29) is 5.91 Å². The fourth-order valence-electron chi connectivity index (χ4n) is 2.23. The largest absolute Gasteiger partial charge is 0.365 e. The molecule has 0 unspecified atom stereocenters. The minimum absolute atomic E-state index is 0.0464. The van der Waals surface area contributed by atoms with Crippen molar-refractivity contribution in [1.29, 1.82) is 0 Å². The van der Waals surface area contributed by atoms with Crippen LogP contribution in [0.4, 0.5) is 0 Å². The molecule has 1 aromatic carbocycles. The predicted molar refractivity (Wildman–Crippen MR) is 80.6 cm³/mol. The van der Waals surface area contributed by atoms with E-state index in [1.807, 2.05) is 36.1 Å². The number of nitrogens with zero attached hydrogens (tertiary/aromatic N) is 1. The maximum Gasteiger partial charge on any atom is 0.255 e. The molecule has 4 nitrogen and oxygen atoms in total. The Morgan fingerprint density at radius 3 is 2.55 bits per heavy atom. The number of nitrogens with one attached hydrogen (secondary N) is 1. The molecule has 1 heterocycles. The van der Waals surface area contributed by atoms with Crippen molar-refractivity contribution < 1.29 is 4.79 Å². The summed E-state index contributed by atoms with van der Waals surface area (Å²) in [6.07, 6.45) is 2.64. The van der Waals surface area contributed by atoms with E-state index in [9.17, 15) is 4.79 Å². The maximum atomic E-state index is 12.5. The summed E-state index contributed by atoms with van der Waals surface area (Å²) in [5.74, 6) is 0.0464. The summed E-state index contributed by atoms with van der Waals surface area (Å²) in [4.78, 5) is 17.4. The number of carbonyl (C=O) groups is 1. The monoisotopic (exact) mass is 271 g/mol. The van der Waals surface area contributed by atoms with Crippen molar-refractivity contribution in [2.45, 2.75) is 13.3 Å². The molecule has 0 saturated heterocycles. The Hall–Kier alpha value is -2.07. The summed E-state index contributed by atoms with van der Waals surface area (Å²) in [5.41, 5.74) is 8.48. The standard InChI is InChI=1S/C16H21N3O/c1-13-15(7-10-18-13)16(20)19(12-9-17)11-8-14-5-3-2-4-6-14/h2-7,10,18H,8-9,11-12,17H2,1H3. The fraction of sp³-hybridized carbons (Fsp3) is 0.312. The molecule has 0 bridgehead atoms. The fourth-order valence-corrected chi connectivity index (χ4v) is 2.23. The lowest BCUT2D eigenvalue weighted by Gasteiger charge is -2.22. The molecule has 0 atom stereocenters. The van der Waals surface area contributed by atoms with Crippen LogP contribution >= 0.6 is 0 Å². The van der Waals surface area contributed by atoms with Gasteiger partial charge < -0.3 is 15.6 Å². The molecule has 0 saturated carbocycles. The summed E-state index contributed by atoms with van der Waals surface area (Å²) in [5, 5.41) is 0. The molecule has 106 valence electrons. The summed E-state index contributed by atoms with van der Waals surface area (Å²) in [7, 11) is 0. The van der Waals surface area contributed by atoms with Crippen LogP contribution in [0.5, 0.6) is 0 Å². The minimum atomic E-state index is 0.0464. The highest BCUT2D eigenvalue weighted by atomic mass is 16.2. The molecule has 0 spiro atoms. The smallest absolute Gasteiger partial charge is 0.255 e. The molecule has 3 N–H and O–H groups in total. The zero-order valence-corrected chi connectivity index (χ0v) is 11.8. The third-order valence-electron chi connectivity index (χ3n) is 3.38. The Labute approximate surface area is 119 Å². The van der Waals surface area contributed by atoms with Crippen molar-refractivity contribution in [3.05, 3.63) is 59.4 Å². The van der Waals surface area contributed by atoms with Gasteiger partial charge in [0.2, 0.25) is 0 Å². The van der Waals surface area contributed by atoms with Gasteiger partial charge in [-0.2, -0.15) is 0 Å². The van der Waals surface area contributed by atoms with Crippen LogP contribution in [0.3, 0.4) is 0 Å². The Kier molecular flexibility index (Phi) is 4.96. The number of aromatic amines is 1. The summed E-state index contributed by atoms with van der Waals surface area (Å²) in [6.45, 7) is 3.65. The lowest BCUT2D eigenvalue weighted by Crippen LogP contribution is -2.37. The molecular weight excluding hydrogens is 250 g/mol. The lowest BCUT2D eigenvalue weighted by molar-refractivity contribution is 0.0761. The average Bonchev–Trinajstić information content (AvgIpc) is 2.90. The summed E-state index contributed by atoms with van der Waals surface area (Å²) < 4.78 is 0. The molecule has 0 aliphatic carbocycles. The SMILES string of the molecule is Cc1[nH]ccc1C(=O)N(CCN)CCc1ccccc1. The number of amides is 1. The van der Waals surface area contributed by atoms with E-state index in [0.717, 1.165) is 17.7 Å². The van der Waals surface area contributed by atoms with Gasteiger partial charge in [0.15, 0.2) is 0 Å². The number of aryl methyl sites for hydroxylation is 1. The normalized spacial score (nSPS) is 10.5. The summed E-state index contributed by atoms with van der Waals surface area (Å²) >= 11 is 0. The predicted octanol–water partition coefficient (Wildman–Crippen LogP) is 1.97. The molecule has 4 heteroatoms. The van der Waals surface area contributed by atoms with Crippen LogP contribution in [0.15, 0.2) is 42.6 Å². The van der Waals surface area contributed by atoms with E-state index in [2.05, 4.69) is 17.1 Å². The zero-order valence-electron chi connectivity index (χ0n) is 11.8. The second-order valence-corrected chi connectivity index (χ2v) is 4.83. The zero-order chi connectivity index (χ0) is 14.4. The van der Waals surface area contributed by atoms with E-state index >= 15 is 0 Å². The molecule has 0 aliphatic heterocycles. The lowest BCUT2D eigenvalue weighted by atomic mass is 10.1. The van der Waals surface area contributed by atoms with Crippen LogP contribution in [-0.2, 0) is 6.42 Å². The van der Waals surface area contributed by atoms with E-state index in [0.29, 0.717) is 19.6 Å². The Morgan fingerprint density at radius 2 is 1.95 bits per heavy atom. The molecule has 2 aromatic rings. The molecule has 0 radical (unpaired) electrons. The molecule has 2 rings (SSSR count). The summed E-state index contributed by atoms with van der Waals surface area (Å²) in [6, 6.07) is 12.0. The third-order valence-corrected chi connectivity index (χ3v) is 3.38. The van der Waals surface area contributed by atoms with E-state index in [1.54, 1.807) is 6.20 Å². The molecule has 1 amide bonds. The second-order valence-electron chi connectivity index (χ2n) is 4.83. The highest BCUT2D eigenvalue weighted by Crippen LogP contribution is 2.10. The van der Waals surface area contributed by atoms with Crippen LogP contribution < -0.4 is 5.73 Å². The number of H-pyrrole nitrogens is 1. The first-order chi connectivity index (χ1) is 9.72. The number of benzene rings is 1. The first-order valence-corrected chi connectivity index (χ1v) is 6.89. The minimum Gasteiger partial charge on any atom is -0.365 e. The number of carbonyl (C=O) groups excluding carboxylic acids is 1. The number of aromatic nitrogens is 1. The molecule has 0 fully saturated rings. The highest BCUT2D eigenvalue weighted by molar-refractivity contribution is 5.95. The van der Waals surface area contributed by atoms with Gasteiger partial charge in [0, 0.05) is 31.5 Å².